The van der Waals surface area contributed by atoms with Crippen LogP contribution in [0, 0.1) is 11.3 Å². The molecule has 4 heteroatoms. The van der Waals surface area contributed by atoms with Crippen molar-refractivity contribution in [3.8, 4) is 6.07 Å². The lowest BCUT2D eigenvalue weighted by Crippen LogP contribution is -2.32. The first kappa shape index (κ1) is 12.6. The minimum atomic E-state index is -0.672. The SMILES string of the molecule is CCCNC(=O)C(C#N)Sc1ccccc1. The second-order valence-corrected chi connectivity index (χ2v) is 4.41. The van der Waals surface area contributed by atoms with Gasteiger partial charge in [-0.3, -0.25) is 4.79 Å². The molecule has 1 N–H and O–H groups in total. The second kappa shape index (κ2) is 6.91. The van der Waals surface area contributed by atoms with Crippen molar-refractivity contribution in [1.29, 1.82) is 5.26 Å². The Kier molecular flexibility index (Phi) is 5.44. The van der Waals surface area contributed by atoms with Crippen LogP contribution in [-0.4, -0.2) is 17.7 Å². The number of amides is 1. The minimum Gasteiger partial charge on any atom is -0.354 e. The van der Waals surface area contributed by atoms with Crippen LogP contribution in [-0.2, 0) is 4.79 Å². The summed E-state index contributed by atoms with van der Waals surface area (Å²) >= 11 is 1.27. The third kappa shape index (κ3) is 3.95. The Balaban J connectivity index is 2.56. The summed E-state index contributed by atoms with van der Waals surface area (Å²) in [5.74, 6) is -0.210. The maximum atomic E-state index is 11.6. The van der Waals surface area contributed by atoms with Crippen molar-refractivity contribution in [1.82, 2.24) is 5.32 Å². The molecule has 0 aliphatic rings. The molecule has 1 aromatic carbocycles. The highest BCUT2D eigenvalue weighted by atomic mass is 32.2. The van der Waals surface area contributed by atoms with E-state index < -0.39 is 5.25 Å². The molecule has 84 valence electrons. The number of hydrogen-bond donors (Lipinski definition) is 1. The summed E-state index contributed by atoms with van der Waals surface area (Å²) in [4.78, 5) is 12.5. The number of rotatable bonds is 5. The van der Waals surface area contributed by atoms with Gasteiger partial charge in [-0.25, -0.2) is 0 Å². The summed E-state index contributed by atoms with van der Waals surface area (Å²) in [6.07, 6.45) is 0.875. The van der Waals surface area contributed by atoms with Crippen molar-refractivity contribution in [2.45, 2.75) is 23.5 Å². The van der Waals surface area contributed by atoms with Gasteiger partial charge in [0.2, 0.25) is 5.91 Å². The van der Waals surface area contributed by atoms with Gasteiger partial charge in [0.15, 0.2) is 5.25 Å². The minimum absolute atomic E-state index is 0.210. The fourth-order valence-corrected chi connectivity index (χ4v) is 1.94. The fraction of sp³-hybridized carbons (Fsp3) is 0.333. The van der Waals surface area contributed by atoms with E-state index in [4.69, 9.17) is 5.26 Å². The van der Waals surface area contributed by atoms with Crippen LogP contribution in [0.1, 0.15) is 13.3 Å². The van der Waals surface area contributed by atoms with Crippen molar-refractivity contribution < 1.29 is 4.79 Å². The number of hydrogen-bond acceptors (Lipinski definition) is 3. The molecule has 0 saturated heterocycles. The first-order chi connectivity index (χ1) is 7.77. The summed E-state index contributed by atoms with van der Waals surface area (Å²) < 4.78 is 0. The van der Waals surface area contributed by atoms with Crippen molar-refractivity contribution in [2.75, 3.05) is 6.54 Å². The molecule has 0 fully saturated rings. The first-order valence-corrected chi connectivity index (χ1v) is 6.05. The second-order valence-electron chi connectivity index (χ2n) is 3.23. The third-order valence-corrected chi connectivity index (χ3v) is 3.00. The molecule has 1 aromatic rings. The Morgan fingerprint density at radius 3 is 2.75 bits per heavy atom. The molecule has 0 saturated carbocycles. The van der Waals surface area contributed by atoms with Gasteiger partial charge in [-0.2, -0.15) is 5.26 Å². The number of benzene rings is 1. The van der Waals surface area contributed by atoms with E-state index in [0.717, 1.165) is 11.3 Å². The van der Waals surface area contributed by atoms with E-state index in [1.165, 1.54) is 11.8 Å². The van der Waals surface area contributed by atoms with Crippen molar-refractivity contribution in [3.63, 3.8) is 0 Å². The average Bonchev–Trinajstić information content (AvgIpc) is 2.34. The molecule has 0 spiro atoms. The van der Waals surface area contributed by atoms with Crippen LogP contribution in [0.25, 0.3) is 0 Å². The first-order valence-electron chi connectivity index (χ1n) is 5.17. The molecule has 0 aliphatic heterocycles. The van der Waals surface area contributed by atoms with Crippen molar-refractivity contribution in [3.05, 3.63) is 30.3 Å². The molecule has 1 rings (SSSR count). The van der Waals surface area contributed by atoms with Crippen LogP contribution in [0.4, 0.5) is 0 Å². The Labute approximate surface area is 99.8 Å². The van der Waals surface area contributed by atoms with E-state index >= 15 is 0 Å². The summed E-state index contributed by atoms with van der Waals surface area (Å²) in [5.41, 5.74) is 0. The highest BCUT2D eigenvalue weighted by molar-refractivity contribution is 8.00. The van der Waals surface area contributed by atoms with Gasteiger partial charge in [-0.15, -0.1) is 0 Å². The maximum absolute atomic E-state index is 11.6. The molecule has 3 nitrogen and oxygen atoms in total. The third-order valence-electron chi connectivity index (χ3n) is 1.90. The van der Waals surface area contributed by atoms with E-state index in [-0.39, 0.29) is 5.91 Å². The van der Waals surface area contributed by atoms with Crippen LogP contribution >= 0.6 is 11.8 Å². The van der Waals surface area contributed by atoms with Gasteiger partial charge in [0.05, 0.1) is 6.07 Å². The predicted molar refractivity (Wildman–Crippen MR) is 65.0 cm³/mol. The van der Waals surface area contributed by atoms with Crippen molar-refractivity contribution in [2.24, 2.45) is 0 Å². The monoisotopic (exact) mass is 234 g/mol. The molecule has 1 amide bonds. The Morgan fingerprint density at radius 1 is 1.50 bits per heavy atom. The number of thioether (sulfide) groups is 1. The van der Waals surface area contributed by atoms with Crippen molar-refractivity contribution >= 4 is 17.7 Å². The highest BCUT2D eigenvalue weighted by Crippen LogP contribution is 2.22. The van der Waals surface area contributed by atoms with E-state index in [9.17, 15) is 4.79 Å². The quantitative estimate of drug-likeness (QED) is 0.795. The molecular formula is C12H14N2OS. The van der Waals surface area contributed by atoms with Crippen LogP contribution in [0.3, 0.4) is 0 Å². The zero-order chi connectivity index (χ0) is 11.8. The molecule has 1 atom stereocenters. The zero-order valence-electron chi connectivity index (χ0n) is 9.14. The smallest absolute Gasteiger partial charge is 0.247 e. The summed E-state index contributed by atoms with van der Waals surface area (Å²) in [6.45, 7) is 2.60. The summed E-state index contributed by atoms with van der Waals surface area (Å²) in [6, 6.07) is 11.5. The molecular weight excluding hydrogens is 220 g/mol. The van der Waals surface area contributed by atoms with Crippen LogP contribution in [0.15, 0.2) is 35.2 Å². The van der Waals surface area contributed by atoms with Crippen LogP contribution < -0.4 is 5.32 Å². The number of carbonyl (C=O) groups is 1. The standard InChI is InChI=1S/C12H14N2OS/c1-2-8-14-12(15)11(9-13)16-10-6-4-3-5-7-10/h3-7,11H,2,8H2,1H3,(H,14,15). The Morgan fingerprint density at radius 2 is 2.19 bits per heavy atom. The lowest BCUT2D eigenvalue weighted by Gasteiger charge is -2.08. The number of nitrogens with zero attached hydrogens (tertiary/aromatic N) is 1. The van der Waals surface area contributed by atoms with Gasteiger partial charge in [0, 0.05) is 11.4 Å². The maximum Gasteiger partial charge on any atom is 0.247 e. The molecule has 0 aromatic heterocycles. The summed E-state index contributed by atoms with van der Waals surface area (Å²) in [5, 5.41) is 11.0. The molecule has 0 bridgehead atoms. The Bertz CT molecular complexity index is 372. The molecule has 16 heavy (non-hydrogen) atoms. The Hall–Kier alpha value is -1.47. The van der Waals surface area contributed by atoms with Gasteiger partial charge < -0.3 is 5.32 Å². The van der Waals surface area contributed by atoms with Gasteiger partial charge in [-0.05, 0) is 18.6 Å². The normalized spacial score (nSPS) is 11.5. The van der Waals surface area contributed by atoms with E-state index in [0.29, 0.717) is 6.54 Å². The number of nitrogens with one attached hydrogen (secondary N) is 1. The number of carbonyl (C=O) groups excluding carboxylic acids is 1. The van der Waals surface area contributed by atoms with E-state index in [1.54, 1.807) is 0 Å². The van der Waals surface area contributed by atoms with E-state index in [1.807, 2.05) is 43.3 Å². The molecule has 0 aliphatic carbocycles. The predicted octanol–water partition coefficient (Wildman–Crippen LogP) is 2.20. The molecule has 0 heterocycles. The molecule has 0 radical (unpaired) electrons. The highest BCUT2D eigenvalue weighted by Gasteiger charge is 2.18. The van der Waals surface area contributed by atoms with E-state index in [2.05, 4.69) is 5.32 Å². The fourth-order valence-electron chi connectivity index (χ4n) is 1.11. The van der Waals surface area contributed by atoms with Crippen LogP contribution in [0.2, 0.25) is 0 Å². The average molecular weight is 234 g/mol. The van der Waals surface area contributed by atoms with Gasteiger partial charge >= 0.3 is 0 Å². The van der Waals surface area contributed by atoms with Gasteiger partial charge in [0.25, 0.3) is 0 Å². The largest absolute Gasteiger partial charge is 0.354 e. The molecule has 1 unspecified atom stereocenters. The topological polar surface area (TPSA) is 52.9 Å². The summed E-state index contributed by atoms with van der Waals surface area (Å²) in [7, 11) is 0. The van der Waals surface area contributed by atoms with Crippen LogP contribution in [0.5, 0.6) is 0 Å². The van der Waals surface area contributed by atoms with Gasteiger partial charge in [-0.1, -0.05) is 36.9 Å². The number of nitriles is 1. The lowest BCUT2D eigenvalue weighted by molar-refractivity contribution is -0.119. The lowest BCUT2D eigenvalue weighted by atomic mass is 10.4. The zero-order valence-corrected chi connectivity index (χ0v) is 9.96. The van der Waals surface area contributed by atoms with Gasteiger partial charge in [0.1, 0.15) is 0 Å².